The van der Waals surface area contributed by atoms with Gasteiger partial charge in [0.05, 0.1) is 46.2 Å². The van der Waals surface area contributed by atoms with Gasteiger partial charge in [0.15, 0.2) is 18.5 Å². The van der Waals surface area contributed by atoms with Gasteiger partial charge in [0.2, 0.25) is 5.91 Å². The molecule has 0 unspecified atom stereocenters. The summed E-state index contributed by atoms with van der Waals surface area (Å²) >= 11 is 0. The summed E-state index contributed by atoms with van der Waals surface area (Å²) in [6.45, 7) is 6.43. The Morgan fingerprint density at radius 2 is 1.37 bits per heavy atom. The molecule has 16 heteroatoms. The minimum atomic E-state index is -1.19. The van der Waals surface area contributed by atoms with Crippen LogP contribution >= 0.6 is 0 Å². The van der Waals surface area contributed by atoms with Crippen LogP contribution in [-0.4, -0.2) is 114 Å². The summed E-state index contributed by atoms with van der Waals surface area (Å²) in [5.41, 5.74) is 8.16. The second-order valence-corrected chi connectivity index (χ2v) is 7.88. The summed E-state index contributed by atoms with van der Waals surface area (Å²) in [5, 5.41) is 5.96. The van der Waals surface area contributed by atoms with Gasteiger partial charge in [-0.3, -0.25) is 19.2 Å². The lowest BCUT2D eigenvalue weighted by Crippen LogP contribution is -2.66. The zero-order valence-electron chi connectivity index (χ0n) is 22.0. The molecule has 38 heavy (non-hydrogen) atoms. The normalized spacial score (nSPS) is 22.6. The van der Waals surface area contributed by atoms with Crippen molar-refractivity contribution in [3.05, 3.63) is 10.4 Å². The van der Waals surface area contributed by atoms with Crippen molar-refractivity contribution in [1.29, 1.82) is 0 Å². The van der Waals surface area contributed by atoms with Crippen molar-refractivity contribution in [2.75, 3.05) is 59.4 Å². The van der Waals surface area contributed by atoms with Crippen LogP contribution in [0.2, 0.25) is 0 Å². The summed E-state index contributed by atoms with van der Waals surface area (Å²) in [6, 6.07) is -1.04. The molecule has 16 nitrogen and oxygen atoms in total. The predicted molar refractivity (Wildman–Crippen MR) is 126 cm³/mol. The van der Waals surface area contributed by atoms with Crippen LogP contribution < -0.4 is 5.32 Å². The van der Waals surface area contributed by atoms with Crippen molar-refractivity contribution in [2.45, 2.75) is 58.3 Å². The van der Waals surface area contributed by atoms with Gasteiger partial charge in [-0.05, 0) is 5.53 Å². The Morgan fingerprint density at radius 1 is 0.816 bits per heavy atom. The molecule has 1 rings (SSSR count). The molecular weight excluding hydrogens is 512 g/mol. The van der Waals surface area contributed by atoms with Gasteiger partial charge in [-0.15, -0.1) is 0 Å². The monoisotopic (exact) mass is 548 g/mol. The highest BCUT2D eigenvalue weighted by atomic mass is 16.7. The average molecular weight is 549 g/mol. The second-order valence-electron chi connectivity index (χ2n) is 7.88. The van der Waals surface area contributed by atoms with E-state index >= 15 is 0 Å². The fraction of sp³-hybridized carbons (Fsp3) is 0.818. The summed E-state index contributed by atoms with van der Waals surface area (Å²) in [5.74, 6) is -2.46. The number of nitrogens with zero attached hydrogens (tertiary/aromatic N) is 3. The molecule has 216 valence electrons. The Labute approximate surface area is 220 Å². The van der Waals surface area contributed by atoms with Crippen LogP contribution in [-0.2, 0) is 57.1 Å². The smallest absolute Gasteiger partial charge is 0.303 e. The molecule has 0 aliphatic carbocycles. The first-order valence-electron chi connectivity index (χ1n) is 11.9. The number of esters is 3. The predicted octanol–water partition coefficient (Wildman–Crippen LogP) is 0.0192. The number of carbonyl (C=O) groups excluding carboxylic acids is 4. The molecule has 0 saturated carbocycles. The van der Waals surface area contributed by atoms with Crippen LogP contribution in [0.4, 0.5) is 0 Å². The Bertz CT molecular complexity index is 807. The quantitative estimate of drug-likeness (QED) is 0.0601. The fourth-order valence-electron chi connectivity index (χ4n) is 3.35. The van der Waals surface area contributed by atoms with E-state index in [2.05, 4.69) is 15.3 Å². The number of nitrogens with one attached hydrogen (secondary N) is 1. The Kier molecular flexibility index (Phi) is 16.6. The van der Waals surface area contributed by atoms with Crippen molar-refractivity contribution in [3.8, 4) is 0 Å². The van der Waals surface area contributed by atoms with E-state index in [1.165, 1.54) is 13.8 Å². The molecule has 1 N–H and O–H groups in total. The maximum atomic E-state index is 11.9. The standard InChI is InChI=1S/C22H36N4O12/c1-14(27)25-19-21(37-17(4)30)20(36-16(3)29)18(13-35-15(2)28)38-22(19)34-12-11-33-10-9-32-8-7-31-6-5-24-26-23/h18-22H,5-13H2,1-4H3,(H,25,27)/t18-,19-,20-,21-,22-/m1/s1. The highest BCUT2D eigenvalue weighted by molar-refractivity contribution is 5.73. The molecule has 1 aliphatic heterocycles. The minimum Gasteiger partial charge on any atom is -0.463 e. The molecule has 5 atom stereocenters. The lowest BCUT2D eigenvalue weighted by atomic mass is 9.96. The zero-order valence-corrected chi connectivity index (χ0v) is 22.0. The maximum absolute atomic E-state index is 11.9. The zero-order chi connectivity index (χ0) is 28.3. The van der Waals surface area contributed by atoms with Crippen LogP contribution in [0, 0.1) is 0 Å². The van der Waals surface area contributed by atoms with Crippen LogP contribution in [0.3, 0.4) is 0 Å². The summed E-state index contributed by atoms with van der Waals surface area (Å²) in [4.78, 5) is 49.5. The van der Waals surface area contributed by atoms with E-state index in [1.54, 1.807) is 0 Å². The number of hydrogen-bond acceptors (Lipinski definition) is 13. The van der Waals surface area contributed by atoms with Gasteiger partial charge in [0.1, 0.15) is 18.8 Å². The van der Waals surface area contributed by atoms with Crippen LogP contribution in [0.5, 0.6) is 0 Å². The highest BCUT2D eigenvalue weighted by Gasteiger charge is 2.51. The molecule has 0 bridgehead atoms. The van der Waals surface area contributed by atoms with Crippen LogP contribution in [0.25, 0.3) is 10.4 Å². The topological polar surface area (TPSA) is 203 Å². The molecular formula is C22H36N4O12. The van der Waals surface area contributed by atoms with Crippen molar-refractivity contribution in [2.24, 2.45) is 5.11 Å². The fourth-order valence-corrected chi connectivity index (χ4v) is 3.35. The number of azide groups is 1. The molecule has 0 aromatic rings. The van der Waals surface area contributed by atoms with Gasteiger partial charge in [-0.1, -0.05) is 5.11 Å². The van der Waals surface area contributed by atoms with E-state index in [0.29, 0.717) is 26.4 Å². The summed E-state index contributed by atoms with van der Waals surface area (Å²) in [6.07, 6.45) is -4.59. The SMILES string of the molecule is CC(=O)N[C@H]1[C@H](OCCOCCOCCOCCN=[N+]=[N-])O[C@H](COC(C)=O)[C@@H](OC(C)=O)[C@@H]1OC(C)=O. The molecule has 1 heterocycles. The van der Waals surface area contributed by atoms with E-state index in [9.17, 15) is 19.2 Å². The molecule has 1 fully saturated rings. The van der Waals surface area contributed by atoms with E-state index < -0.39 is 54.5 Å². The van der Waals surface area contributed by atoms with Crippen molar-refractivity contribution < 1.29 is 57.1 Å². The number of rotatable bonds is 18. The minimum absolute atomic E-state index is 0.0224. The van der Waals surface area contributed by atoms with Gasteiger partial charge in [0.25, 0.3) is 0 Å². The van der Waals surface area contributed by atoms with E-state index in [0.717, 1.165) is 13.8 Å². The van der Waals surface area contributed by atoms with Gasteiger partial charge in [-0.25, -0.2) is 0 Å². The average Bonchev–Trinajstić information content (AvgIpc) is 2.83. The van der Waals surface area contributed by atoms with Crippen molar-refractivity contribution in [3.63, 3.8) is 0 Å². The Balaban J connectivity index is 2.67. The first kappa shape index (κ1) is 33.0. The van der Waals surface area contributed by atoms with E-state index in [1.807, 2.05) is 0 Å². The van der Waals surface area contributed by atoms with Crippen molar-refractivity contribution >= 4 is 23.8 Å². The molecule has 0 spiro atoms. The lowest BCUT2D eigenvalue weighted by Gasteiger charge is -2.44. The van der Waals surface area contributed by atoms with E-state index in [4.69, 9.17) is 43.4 Å². The van der Waals surface area contributed by atoms with Crippen molar-refractivity contribution in [1.82, 2.24) is 5.32 Å². The molecule has 1 amide bonds. The van der Waals surface area contributed by atoms with Gasteiger partial charge in [-0.2, -0.15) is 0 Å². The first-order valence-corrected chi connectivity index (χ1v) is 11.9. The third-order valence-electron chi connectivity index (χ3n) is 4.72. The van der Waals surface area contributed by atoms with Crippen LogP contribution in [0.1, 0.15) is 27.7 Å². The Morgan fingerprint density at radius 3 is 1.89 bits per heavy atom. The third kappa shape index (κ3) is 14.1. The molecule has 0 aromatic carbocycles. The number of hydrogen-bond donors (Lipinski definition) is 1. The highest BCUT2D eigenvalue weighted by Crippen LogP contribution is 2.28. The number of ether oxygens (including phenoxy) is 8. The van der Waals surface area contributed by atoms with Gasteiger partial charge in [0, 0.05) is 39.2 Å². The van der Waals surface area contributed by atoms with Gasteiger partial charge < -0.3 is 43.2 Å². The Hall–Kier alpha value is -3.01. The maximum Gasteiger partial charge on any atom is 0.303 e. The largest absolute Gasteiger partial charge is 0.463 e. The number of amides is 1. The van der Waals surface area contributed by atoms with Gasteiger partial charge >= 0.3 is 17.9 Å². The number of carbonyl (C=O) groups is 4. The van der Waals surface area contributed by atoms with E-state index in [-0.39, 0.29) is 33.0 Å². The lowest BCUT2D eigenvalue weighted by molar-refractivity contribution is -0.279. The first-order chi connectivity index (χ1) is 18.1. The molecule has 0 radical (unpaired) electrons. The second kappa shape index (κ2) is 19.1. The molecule has 1 aliphatic rings. The third-order valence-corrected chi connectivity index (χ3v) is 4.72. The molecule has 1 saturated heterocycles. The van der Waals surface area contributed by atoms with Crippen LogP contribution in [0.15, 0.2) is 5.11 Å². The summed E-state index contributed by atoms with van der Waals surface area (Å²) < 4.78 is 43.4. The summed E-state index contributed by atoms with van der Waals surface area (Å²) in [7, 11) is 0. The molecule has 0 aromatic heterocycles.